The van der Waals surface area contributed by atoms with Crippen LogP contribution in [0.3, 0.4) is 0 Å². The fraction of sp³-hybridized carbons (Fsp3) is 0.211. The fourth-order valence-electron chi connectivity index (χ4n) is 3.16. The van der Waals surface area contributed by atoms with Crippen molar-refractivity contribution in [2.24, 2.45) is 0 Å². The van der Waals surface area contributed by atoms with Gasteiger partial charge in [0.25, 0.3) is 0 Å². The van der Waals surface area contributed by atoms with E-state index in [0.717, 1.165) is 32.2 Å². The summed E-state index contributed by atoms with van der Waals surface area (Å²) in [6.45, 7) is 0.365. The lowest BCUT2D eigenvalue weighted by molar-refractivity contribution is 0.266. The van der Waals surface area contributed by atoms with Gasteiger partial charge >= 0.3 is 0 Å². The Bertz CT molecular complexity index is 1220. The minimum Gasteiger partial charge on any atom is -0.395 e. The molecule has 0 fully saturated rings. The Labute approximate surface area is 167 Å². The molecule has 10 heteroatoms. The zero-order chi connectivity index (χ0) is 20.4. The van der Waals surface area contributed by atoms with Crippen molar-refractivity contribution >= 4 is 21.1 Å². The number of benzene rings is 1. The Kier molecular flexibility index (Phi) is 5.14. The first-order valence-electron chi connectivity index (χ1n) is 8.97. The highest BCUT2D eigenvalue weighted by Gasteiger charge is 2.20. The first kappa shape index (κ1) is 19.2. The molecule has 0 atom stereocenters. The molecule has 0 aliphatic rings. The SMILES string of the molecule is CN(CCO)S(=O)(=O)c1ccc(-c2ccnc3[nH]c(Cn4ccnn4)cc23)cc1. The van der Waals surface area contributed by atoms with Crippen molar-refractivity contribution < 1.29 is 13.5 Å². The molecule has 4 aromatic rings. The molecule has 150 valence electrons. The molecule has 0 radical (unpaired) electrons. The van der Waals surface area contributed by atoms with Gasteiger partial charge in [0.05, 0.1) is 24.2 Å². The van der Waals surface area contributed by atoms with Crippen LogP contribution in [0.4, 0.5) is 0 Å². The third kappa shape index (κ3) is 3.77. The third-order valence-electron chi connectivity index (χ3n) is 4.68. The number of nitrogens with zero attached hydrogens (tertiary/aromatic N) is 5. The average molecular weight is 412 g/mol. The molecule has 0 saturated heterocycles. The van der Waals surface area contributed by atoms with Crippen molar-refractivity contribution in [3.05, 3.63) is 60.7 Å². The number of H-pyrrole nitrogens is 1. The summed E-state index contributed by atoms with van der Waals surface area (Å²) < 4.78 is 27.9. The second-order valence-corrected chi connectivity index (χ2v) is 8.64. The number of aromatic amines is 1. The highest BCUT2D eigenvalue weighted by Crippen LogP contribution is 2.29. The fourth-order valence-corrected chi connectivity index (χ4v) is 4.32. The maximum absolute atomic E-state index is 12.5. The predicted molar refractivity (Wildman–Crippen MR) is 108 cm³/mol. The van der Waals surface area contributed by atoms with Crippen LogP contribution in [0.25, 0.3) is 22.2 Å². The minimum atomic E-state index is -3.63. The quantitative estimate of drug-likeness (QED) is 0.475. The van der Waals surface area contributed by atoms with Gasteiger partial charge in [-0.15, -0.1) is 5.10 Å². The van der Waals surface area contributed by atoms with E-state index in [-0.39, 0.29) is 18.0 Å². The second-order valence-electron chi connectivity index (χ2n) is 6.59. The summed E-state index contributed by atoms with van der Waals surface area (Å²) in [5, 5.41) is 17.7. The highest BCUT2D eigenvalue weighted by molar-refractivity contribution is 7.89. The van der Waals surface area contributed by atoms with E-state index in [0.29, 0.717) is 6.54 Å². The summed E-state index contributed by atoms with van der Waals surface area (Å²) in [5.74, 6) is 0. The number of aliphatic hydroxyl groups excluding tert-OH is 1. The van der Waals surface area contributed by atoms with Gasteiger partial charge in [-0.2, -0.15) is 4.31 Å². The van der Waals surface area contributed by atoms with Gasteiger partial charge in [-0.1, -0.05) is 17.3 Å². The molecule has 9 nitrogen and oxygen atoms in total. The van der Waals surface area contributed by atoms with Crippen molar-refractivity contribution in [1.29, 1.82) is 0 Å². The maximum Gasteiger partial charge on any atom is 0.242 e. The summed E-state index contributed by atoms with van der Waals surface area (Å²) in [4.78, 5) is 7.86. The summed E-state index contributed by atoms with van der Waals surface area (Å²) in [7, 11) is -2.18. The largest absolute Gasteiger partial charge is 0.395 e. The molecule has 4 rings (SSSR count). The monoisotopic (exact) mass is 412 g/mol. The van der Waals surface area contributed by atoms with Crippen LogP contribution >= 0.6 is 0 Å². The Morgan fingerprint density at radius 1 is 1.17 bits per heavy atom. The van der Waals surface area contributed by atoms with Crippen molar-refractivity contribution in [2.75, 3.05) is 20.2 Å². The van der Waals surface area contributed by atoms with Gasteiger partial charge in [0, 0.05) is 37.1 Å². The first-order chi connectivity index (χ1) is 14.0. The molecule has 0 unspecified atom stereocenters. The number of hydrogen-bond donors (Lipinski definition) is 2. The van der Waals surface area contributed by atoms with Crippen molar-refractivity contribution in [3.63, 3.8) is 0 Å². The molecule has 1 aromatic carbocycles. The van der Waals surface area contributed by atoms with Crippen LogP contribution in [0.5, 0.6) is 0 Å². The number of likely N-dealkylation sites (N-methyl/N-ethyl adjacent to an activating group) is 1. The van der Waals surface area contributed by atoms with Gasteiger partial charge in [0.1, 0.15) is 5.65 Å². The van der Waals surface area contributed by atoms with E-state index < -0.39 is 10.0 Å². The summed E-state index contributed by atoms with van der Waals surface area (Å²) in [6, 6.07) is 10.6. The number of hydrogen-bond acceptors (Lipinski definition) is 6. The summed E-state index contributed by atoms with van der Waals surface area (Å²) in [5.41, 5.74) is 3.52. The summed E-state index contributed by atoms with van der Waals surface area (Å²) >= 11 is 0. The van der Waals surface area contributed by atoms with Crippen LogP contribution in [0.1, 0.15) is 5.69 Å². The van der Waals surface area contributed by atoms with E-state index in [1.54, 1.807) is 47.5 Å². The third-order valence-corrected chi connectivity index (χ3v) is 6.55. The Morgan fingerprint density at radius 3 is 2.66 bits per heavy atom. The molecule has 2 N–H and O–H groups in total. The van der Waals surface area contributed by atoms with E-state index in [4.69, 9.17) is 5.11 Å². The number of sulfonamides is 1. The van der Waals surface area contributed by atoms with E-state index in [1.165, 1.54) is 7.05 Å². The Morgan fingerprint density at radius 2 is 1.97 bits per heavy atom. The van der Waals surface area contributed by atoms with Gasteiger partial charge in [0.15, 0.2) is 0 Å². The second kappa shape index (κ2) is 7.74. The van der Waals surface area contributed by atoms with Crippen LogP contribution in [-0.4, -0.2) is 63.0 Å². The molecule has 3 aromatic heterocycles. The van der Waals surface area contributed by atoms with E-state index >= 15 is 0 Å². The highest BCUT2D eigenvalue weighted by atomic mass is 32.2. The van der Waals surface area contributed by atoms with Gasteiger partial charge in [0.2, 0.25) is 10.0 Å². The normalized spacial score (nSPS) is 12.1. The van der Waals surface area contributed by atoms with Crippen molar-refractivity contribution in [2.45, 2.75) is 11.4 Å². The number of pyridine rings is 1. The smallest absolute Gasteiger partial charge is 0.242 e. The van der Waals surface area contributed by atoms with Crippen molar-refractivity contribution in [3.8, 4) is 11.1 Å². The van der Waals surface area contributed by atoms with Gasteiger partial charge < -0.3 is 10.1 Å². The van der Waals surface area contributed by atoms with Gasteiger partial charge in [-0.3, -0.25) is 0 Å². The molecule has 0 aliphatic heterocycles. The van der Waals surface area contributed by atoms with Crippen LogP contribution < -0.4 is 0 Å². The van der Waals surface area contributed by atoms with E-state index in [1.807, 2.05) is 12.1 Å². The number of nitrogens with one attached hydrogen (secondary N) is 1. The number of aromatic nitrogens is 5. The number of rotatable bonds is 7. The average Bonchev–Trinajstić information content (AvgIpc) is 3.37. The minimum absolute atomic E-state index is 0.0486. The van der Waals surface area contributed by atoms with Gasteiger partial charge in [-0.25, -0.2) is 18.1 Å². The molecular weight excluding hydrogens is 392 g/mol. The molecular formula is C19H20N6O3S. The standard InChI is InChI=1S/C19H20N6O3S/c1-24(10-11-26)29(27,28)16-4-2-14(3-5-16)17-6-7-20-19-18(17)12-15(22-19)13-25-9-8-21-23-25/h2-9,12,26H,10-11,13H2,1H3,(H,20,22). The lowest BCUT2D eigenvalue weighted by Gasteiger charge is -2.16. The topological polar surface area (TPSA) is 117 Å². The molecule has 0 amide bonds. The van der Waals surface area contributed by atoms with Crippen LogP contribution in [-0.2, 0) is 16.6 Å². The molecule has 0 spiro atoms. The Hall–Kier alpha value is -3.08. The van der Waals surface area contributed by atoms with Crippen LogP contribution in [0.2, 0.25) is 0 Å². The maximum atomic E-state index is 12.5. The molecule has 0 bridgehead atoms. The molecule has 29 heavy (non-hydrogen) atoms. The molecule has 0 saturated carbocycles. The number of fused-ring (bicyclic) bond motifs is 1. The van der Waals surface area contributed by atoms with Gasteiger partial charge in [-0.05, 0) is 35.4 Å². The van der Waals surface area contributed by atoms with Crippen LogP contribution in [0.15, 0.2) is 59.9 Å². The Balaban J connectivity index is 1.67. The molecule has 3 heterocycles. The zero-order valence-electron chi connectivity index (χ0n) is 15.7. The predicted octanol–water partition coefficient (Wildman–Crippen LogP) is 1.48. The van der Waals surface area contributed by atoms with Crippen molar-refractivity contribution in [1.82, 2.24) is 29.3 Å². The van der Waals surface area contributed by atoms with E-state index in [2.05, 4.69) is 20.3 Å². The lowest BCUT2D eigenvalue weighted by atomic mass is 10.0. The lowest BCUT2D eigenvalue weighted by Crippen LogP contribution is -2.29. The molecule has 0 aliphatic carbocycles. The van der Waals surface area contributed by atoms with E-state index in [9.17, 15) is 8.42 Å². The number of aliphatic hydroxyl groups is 1. The summed E-state index contributed by atoms with van der Waals surface area (Å²) in [6.07, 6.45) is 5.12. The van der Waals surface area contributed by atoms with Crippen LogP contribution in [0, 0.1) is 0 Å². The first-order valence-corrected chi connectivity index (χ1v) is 10.4. The zero-order valence-corrected chi connectivity index (χ0v) is 16.5.